The van der Waals surface area contributed by atoms with Crippen LogP contribution in [0.4, 0.5) is 10.1 Å². The number of nitrogens with zero attached hydrogens (tertiary/aromatic N) is 3. The number of aromatic nitrogens is 3. The number of carbonyl (C=O) groups is 1. The van der Waals surface area contributed by atoms with Gasteiger partial charge in [0.15, 0.2) is 5.16 Å². The van der Waals surface area contributed by atoms with Gasteiger partial charge in [0.05, 0.1) is 5.75 Å². The fourth-order valence-corrected chi connectivity index (χ4v) is 3.89. The van der Waals surface area contributed by atoms with Gasteiger partial charge in [0.25, 0.3) is 0 Å². The Morgan fingerprint density at radius 3 is 2.39 bits per heavy atom. The second-order valence-electron chi connectivity index (χ2n) is 6.72. The van der Waals surface area contributed by atoms with Crippen molar-refractivity contribution in [3.63, 3.8) is 0 Å². The highest BCUT2D eigenvalue weighted by atomic mass is 35.5. The highest BCUT2D eigenvalue weighted by Crippen LogP contribution is 2.24. The Bertz CT molecular complexity index is 1160. The van der Waals surface area contributed by atoms with Gasteiger partial charge in [0.1, 0.15) is 11.6 Å². The Morgan fingerprint density at radius 2 is 1.68 bits per heavy atom. The summed E-state index contributed by atoms with van der Waals surface area (Å²) in [7, 11) is 0. The van der Waals surface area contributed by atoms with Crippen LogP contribution in [0.15, 0.2) is 84.0 Å². The third-order valence-electron chi connectivity index (χ3n) is 4.45. The smallest absolute Gasteiger partial charge is 0.234 e. The summed E-state index contributed by atoms with van der Waals surface area (Å²) in [6, 6.07) is 22.9. The number of nitrogens with one attached hydrogen (secondary N) is 1. The summed E-state index contributed by atoms with van der Waals surface area (Å²) < 4.78 is 15.3. The molecule has 4 rings (SSSR count). The van der Waals surface area contributed by atoms with E-state index >= 15 is 0 Å². The first kappa shape index (κ1) is 21.1. The van der Waals surface area contributed by atoms with Crippen molar-refractivity contribution >= 4 is 35.0 Å². The molecule has 0 bridgehead atoms. The van der Waals surface area contributed by atoms with Gasteiger partial charge < -0.3 is 5.32 Å². The molecule has 0 aliphatic carbocycles. The molecule has 0 saturated heterocycles. The van der Waals surface area contributed by atoms with Crippen LogP contribution in [0.2, 0.25) is 5.02 Å². The van der Waals surface area contributed by atoms with Crippen LogP contribution in [0.1, 0.15) is 11.4 Å². The second-order valence-corrected chi connectivity index (χ2v) is 8.10. The third-order valence-corrected chi connectivity index (χ3v) is 5.63. The zero-order valence-corrected chi connectivity index (χ0v) is 17.9. The number of carbonyl (C=O) groups excluding carboxylic acids is 1. The van der Waals surface area contributed by atoms with E-state index in [1.807, 2.05) is 34.9 Å². The first-order valence-electron chi connectivity index (χ1n) is 9.51. The number of amides is 1. The largest absolute Gasteiger partial charge is 0.325 e. The normalized spacial score (nSPS) is 10.8. The van der Waals surface area contributed by atoms with E-state index in [2.05, 4.69) is 15.5 Å². The quantitative estimate of drug-likeness (QED) is 0.382. The van der Waals surface area contributed by atoms with E-state index < -0.39 is 0 Å². The van der Waals surface area contributed by atoms with E-state index in [1.165, 1.54) is 23.9 Å². The molecule has 0 aliphatic rings. The van der Waals surface area contributed by atoms with Crippen LogP contribution in [0, 0.1) is 5.82 Å². The first-order valence-corrected chi connectivity index (χ1v) is 10.9. The van der Waals surface area contributed by atoms with Gasteiger partial charge in [0, 0.05) is 22.8 Å². The summed E-state index contributed by atoms with van der Waals surface area (Å²) in [4.78, 5) is 12.4. The zero-order valence-electron chi connectivity index (χ0n) is 16.3. The highest BCUT2D eigenvalue weighted by Gasteiger charge is 2.16. The van der Waals surface area contributed by atoms with Crippen LogP contribution < -0.4 is 5.32 Å². The molecule has 0 unspecified atom stereocenters. The zero-order chi connectivity index (χ0) is 21.6. The van der Waals surface area contributed by atoms with Gasteiger partial charge in [-0.05, 0) is 54.1 Å². The summed E-state index contributed by atoms with van der Waals surface area (Å²) in [5.41, 5.74) is 2.48. The van der Waals surface area contributed by atoms with Crippen LogP contribution in [0.25, 0.3) is 5.69 Å². The van der Waals surface area contributed by atoms with E-state index in [-0.39, 0.29) is 17.5 Å². The fourth-order valence-electron chi connectivity index (χ4n) is 3.00. The average molecular weight is 453 g/mol. The molecule has 8 heteroatoms. The number of thioether (sulfide) groups is 1. The van der Waals surface area contributed by atoms with Crippen molar-refractivity contribution in [1.29, 1.82) is 0 Å². The van der Waals surface area contributed by atoms with Crippen LogP contribution in [-0.2, 0) is 11.2 Å². The number of anilines is 1. The van der Waals surface area contributed by atoms with Gasteiger partial charge in [-0.2, -0.15) is 0 Å². The third kappa shape index (κ3) is 5.51. The van der Waals surface area contributed by atoms with Crippen LogP contribution in [0.3, 0.4) is 0 Å². The number of benzene rings is 3. The van der Waals surface area contributed by atoms with Gasteiger partial charge in [0.2, 0.25) is 5.91 Å². The Balaban J connectivity index is 1.54. The van der Waals surface area contributed by atoms with E-state index in [4.69, 9.17) is 11.6 Å². The molecular formula is C23H18ClFN4OS. The van der Waals surface area contributed by atoms with Crippen molar-refractivity contribution in [2.24, 2.45) is 0 Å². The molecule has 5 nitrogen and oxygen atoms in total. The molecule has 0 radical (unpaired) electrons. The molecule has 0 fully saturated rings. The van der Waals surface area contributed by atoms with Crippen molar-refractivity contribution < 1.29 is 9.18 Å². The molecule has 0 saturated carbocycles. The van der Waals surface area contributed by atoms with Gasteiger partial charge >= 0.3 is 0 Å². The summed E-state index contributed by atoms with van der Waals surface area (Å²) >= 11 is 7.14. The summed E-state index contributed by atoms with van der Waals surface area (Å²) in [6.45, 7) is 0. The van der Waals surface area contributed by atoms with Gasteiger partial charge in [-0.25, -0.2) is 4.39 Å². The van der Waals surface area contributed by atoms with Crippen molar-refractivity contribution in [3.8, 4) is 5.69 Å². The van der Waals surface area contributed by atoms with Crippen molar-refractivity contribution in [3.05, 3.63) is 101 Å². The van der Waals surface area contributed by atoms with E-state index in [0.717, 1.165) is 11.3 Å². The van der Waals surface area contributed by atoms with Crippen LogP contribution in [-0.4, -0.2) is 26.4 Å². The average Bonchev–Trinajstić information content (AvgIpc) is 3.17. The van der Waals surface area contributed by atoms with Crippen molar-refractivity contribution in [2.75, 3.05) is 11.1 Å². The molecule has 0 atom stereocenters. The summed E-state index contributed by atoms with van der Waals surface area (Å²) in [5.74, 6) is 0.356. The Labute approximate surface area is 188 Å². The van der Waals surface area contributed by atoms with Crippen LogP contribution in [0.5, 0.6) is 0 Å². The predicted octanol–water partition coefficient (Wildman–Crippen LogP) is 5.38. The maximum Gasteiger partial charge on any atom is 0.234 e. The predicted molar refractivity (Wildman–Crippen MR) is 121 cm³/mol. The molecule has 0 aliphatic heterocycles. The molecule has 4 aromatic rings. The maximum absolute atomic E-state index is 13.5. The fraction of sp³-hybridized carbons (Fsp3) is 0.0870. The first-order chi connectivity index (χ1) is 15.1. The Morgan fingerprint density at radius 1 is 0.968 bits per heavy atom. The molecule has 31 heavy (non-hydrogen) atoms. The lowest BCUT2D eigenvalue weighted by Crippen LogP contribution is -2.14. The monoisotopic (exact) mass is 452 g/mol. The van der Waals surface area contributed by atoms with E-state index in [1.54, 1.807) is 36.4 Å². The van der Waals surface area contributed by atoms with Crippen LogP contribution >= 0.6 is 23.4 Å². The van der Waals surface area contributed by atoms with Gasteiger partial charge in [-0.1, -0.05) is 53.7 Å². The molecule has 1 amide bonds. The van der Waals surface area contributed by atoms with Gasteiger partial charge in [-0.3, -0.25) is 9.36 Å². The lowest BCUT2D eigenvalue weighted by molar-refractivity contribution is -0.113. The minimum atomic E-state index is -0.321. The molecule has 1 heterocycles. The van der Waals surface area contributed by atoms with E-state index in [0.29, 0.717) is 28.1 Å². The Hall–Kier alpha value is -3.16. The van der Waals surface area contributed by atoms with Gasteiger partial charge in [-0.15, -0.1) is 10.2 Å². The number of rotatable bonds is 7. The summed E-state index contributed by atoms with van der Waals surface area (Å²) in [5, 5.41) is 12.6. The molecular weight excluding hydrogens is 435 g/mol. The highest BCUT2D eigenvalue weighted by molar-refractivity contribution is 7.99. The van der Waals surface area contributed by atoms with Crippen molar-refractivity contribution in [1.82, 2.24) is 14.8 Å². The number of hydrogen-bond donors (Lipinski definition) is 1. The van der Waals surface area contributed by atoms with Crippen molar-refractivity contribution in [2.45, 2.75) is 11.6 Å². The minimum absolute atomic E-state index is 0.146. The Kier molecular flexibility index (Phi) is 6.64. The molecule has 3 aromatic carbocycles. The van der Waals surface area contributed by atoms with E-state index in [9.17, 15) is 9.18 Å². The second kappa shape index (κ2) is 9.76. The lowest BCUT2D eigenvalue weighted by atomic mass is 10.1. The standard InChI is InChI=1S/C23H18ClFN4OS/c24-17-6-10-19(11-7-17)26-22(30)15-31-23-28-27-21(14-16-4-2-1-3-5-16)29(23)20-12-8-18(25)9-13-20/h1-13H,14-15H2,(H,26,30). The summed E-state index contributed by atoms with van der Waals surface area (Å²) in [6.07, 6.45) is 0.558. The SMILES string of the molecule is O=C(CSc1nnc(Cc2ccccc2)n1-c1ccc(F)cc1)Nc1ccc(Cl)cc1. The number of halogens is 2. The molecule has 1 aromatic heterocycles. The topological polar surface area (TPSA) is 59.8 Å². The minimum Gasteiger partial charge on any atom is -0.325 e. The molecule has 156 valence electrons. The lowest BCUT2D eigenvalue weighted by Gasteiger charge is -2.11. The maximum atomic E-state index is 13.5. The molecule has 0 spiro atoms. The number of hydrogen-bond acceptors (Lipinski definition) is 4. The molecule has 1 N–H and O–H groups in total.